The van der Waals surface area contributed by atoms with Gasteiger partial charge in [0, 0.05) is 88.5 Å². The zero-order valence-corrected chi connectivity index (χ0v) is 43.9. The van der Waals surface area contributed by atoms with Crippen LogP contribution in [-0.4, -0.2) is 123 Å². The van der Waals surface area contributed by atoms with Crippen LogP contribution in [0.3, 0.4) is 0 Å². The fourth-order valence-corrected chi connectivity index (χ4v) is 13.7. The summed E-state index contributed by atoms with van der Waals surface area (Å²) in [7, 11) is -4.65. The molecule has 0 bridgehead atoms. The molecule has 78 heavy (non-hydrogen) atoms. The second kappa shape index (κ2) is 20.7. The number of anilines is 5. The van der Waals surface area contributed by atoms with Gasteiger partial charge in [-0.15, -0.1) is 0 Å². The van der Waals surface area contributed by atoms with Gasteiger partial charge in [-0.05, 0) is 129 Å². The number of nitrogens with zero attached hydrogens (tertiary/aromatic N) is 7. The number of pyridine rings is 2. The van der Waals surface area contributed by atoms with Gasteiger partial charge in [0.05, 0.1) is 39.8 Å². The Balaban J connectivity index is 0.807. The fraction of sp³-hybridized carbons (Fsp3) is 0.446. The number of hydrogen-bond acceptors (Lipinski definition) is 15. The Labute approximate surface area is 449 Å². The summed E-state index contributed by atoms with van der Waals surface area (Å²) < 4.78 is 89.7. The number of rotatable bonds is 12. The van der Waals surface area contributed by atoms with E-state index in [2.05, 4.69) is 48.9 Å². The predicted octanol–water partition coefficient (Wildman–Crippen LogP) is 9.15. The topological polar surface area (TPSA) is 201 Å². The van der Waals surface area contributed by atoms with Crippen molar-refractivity contribution in [2.45, 2.75) is 87.2 Å². The highest BCUT2D eigenvalue weighted by atomic mass is 32.2. The van der Waals surface area contributed by atoms with Crippen LogP contribution in [0.4, 0.5) is 47.4 Å². The summed E-state index contributed by atoms with van der Waals surface area (Å²) in [6.07, 6.45) is 2.70. The number of nitro groups is 1. The van der Waals surface area contributed by atoms with E-state index >= 15 is 0 Å². The van der Waals surface area contributed by atoms with Crippen LogP contribution in [0, 0.1) is 28.4 Å². The third kappa shape index (κ3) is 10.1. The van der Waals surface area contributed by atoms with Crippen molar-refractivity contribution in [1.29, 1.82) is 0 Å². The van der Waals surface area contributed by atoms with Crippen molar-refractivity contribution >= 4 is 61.2 Å². The minimum atomic E-state index is -4.65. The molecule has 1 aliphatic carbocycles. The Bertz CT molecular complexity index is 3360. The summed E-state index contributed by atoms with van der Waals surface area (Å²) in [5, 5.41) is 16.3. The first kappa shape index (κ1) is 51.7. The van der Waals surface area contributed by atoms with E-state index in [-0.39, 0.29) is 47.3 Å². The number of aryl methyl sites for hydroxylation is 1. The van der Waals surface area contributed by atoms with Crippen LogP contribution in [0.25, 0.3) is 11.0 Å². The smallest absolute Gasteiger partial charge is 0.433 e. The van der Waals surface area contributed by atoms with Crippen molar-refractivity contribution in [3.05, 3.63) is 130 Å². The van der Waals surface area contributed by atoms with Crippen LogP contribution >= 0.6 is 0 Å². The minimum Gasteiger partial charge on any atom is -0.468 e. The molecule has 1 saturated carbocycles. The predicted molar refractivity (Wildman–Crippen MR) is 287 cm³/mol. The lowest BCUT2D eigenvalue weighted by Gasteiger charge is -2.58. The summed E-state index contributed by atoms with van der Waals surface area (Å²) in [5.41, 5.74) is 3.81. The number of ether oxygens (including phenoxy) is 3. The molecule has 18 nitrogen and oxygen atoms in total. The van der Waals surface area contributed by atoms with Crippen molar-refractivity contribution in [3.8, 4) is 5.88 Å². The number of fused-ring (bicyclic) bond motifs is 3. The SMILES string of the molecule is Cc1ccccc1[C@@H]1CN(c2cccc(C(F)(F)F)n2)CCN1C1CC2(CCN(c3ccc(C(=O)NS(=O)(=O)c4ccc(NCC5CCOCC5)c([N+](=O)[O-])c4)c(N4c5cc6cc[nH]c6nc5O[C@H]5COCC[C@@H]54)c3)CC2)C1. The van der Waals surface area contributed by atoms with Crippen LogP contribution in [0.1, 0.15) is 78.2 Å². The number of halogens is 3. The maximum absolute atomic E-state index is 14.7. The Kier molecular flexibility index (Phi) is 13.7. The Morgan fingerprint density at radius 3 is 2.46 bits per heavy atom. The first-order valence-electron chi connectivity index (χ1n) is 26.8. The fourth-order valence-electron chi connectivity index (χ4n) is 12.7. The highest BCUT2D eigenvalue weighted by Crippen LogP contribution is 2.54. The summed E-state index contributed by atoms with van der Waals surface area (Å²) in [5.74, 6) is -0.0156. The summed E-state index contributed by atoms with van der Waals surface area (Å²) in [6, 6.07) is 25.1. The number of nitrogens with one attached hydrogen (secondary N) is 3. The van der Waals surface area contributed by atoms with E-state index in [0.717, 1.165) is 85.9 Å². The Hall–Kier alpha value is -7.01. The zero-order valence-electron chi connectivity index (χ0n) is 43.1. The maximum Gasteiger partial charge on any atom is 0.433 e. The molecule has 1 amide bonds. The number of H-pyrrole nitrogens is 1. The Morgan fingerprint density at radius 1 is 0.885 bits per heavy atom. The number of aromatic nitrogens is 3. The van der Waals surface area contributed by atoms with E-state index in [9.17, 15) is 36.5 Å². The zero-order chi connectivity index (χ0) is 53.9. The highest BCUT2D eigenvalue weighted by Gasteiger charge is 2.51. The first-order valence-corrected chi connectivity index (χ1v) is 28.3. The van der Waals surface area contributed by atoms with Gasteiger partial charge in [-0.1, -0.05) is 30.3 Å². The van der Waals surface area contributed by atoms with E-state index < -0.39 is 49.4 Å². The third-order valence-corrected chi connectivity index (χ3v) is 18.4. The number of hydrogen-bond donors (Lipinski definition) is 3. The molecular weight excluding hydrogens is 1030 g/mol. The minimum absolute atomic E-state index is 0.0411. The molecule has 0 radical (unpaired) electrons. The standard InChI is InChI=1S/C56H61F3N10O8S/c1-35-5-2-3-6-41(35)48-33-66(51-8-4-7-50(62-51)56(57,58)59)22-23-67(48)39-30-55(31-39)17-20-65(21-18-55)38-9-11-42(45(28-38)68-44-16-26-76-34-49(44)77-54-47(68)27-37-13-19-60-52(37)63-54)53(70)64-78(73,74)40-10-12-43(46(29-40)69(71)72)61-32-36-14-24-75-25-15-36/h2-13,19,27-29,36,39,44,48-49,61H,14-18,20-26,30-34H2,1H3,(H,60,63)(H,64,70)/t44-,48-,49-/m0/s1. The number of amides is 1. The molecule has 3 aromatic carbocycles. The molecule has 5 fully saturated rings. The Morgan fingerprint density at radius 2 is 1.68 bits per heavy atom. The number of benzene rings is 3. The number of piperidine rings is 1. The van der Waals surface area contributed by atoms with Gasteiger partial charge in [-0.2, -0.15) is 18.2 Å². The lowest BCUT2D eigenvalue weighted by molar-refractivity contribution is -0.384. The van der Waals surface area contributed by atoms with Gasteiger partial charge in [0.2, 0.25) is 5.88 Å². The van der Waals surface area contributed by atoms with Crippen LogP contribution in [0.2, 0.25) is 0 Å². The molecule has 6 aromatic rings. The molecule has 3 atom stereocenters. The molecule has 0 unspecified atom stereocenters. The van der Waals surface area contributed by atoms with Gasteiger partial charge in [0.25, 0.3) is 21.6 Å². The van der Waals surface area contributed by atoms with Crippen molar-refractivity contribution in [2.24, 2.45) is 11.3 Å². The molecule has 1 spiro atoms. The maximum atomic E-state index is 14.7. The third-order valence-electron chi connectivity index (χ3n) is 17.0. The van der Waals surface area contributed by atoms with Crippen molar-refractivity contribution < 1.29 is 45.5 Å². The number of piperazine rings is 1. The molecule has 22 heteroatoms. The van der Waals surface area contributed by atoms with Crippen molar-refractivity contribution in [3.63, 3.8) is 0 Å². The molecule has 4 saturated heterocycles. The number of carbonyl (C=O) groups excluding carboxylic acids is 1. The van der Waals surface area contributed by atoms with Gasteiger partial charge < -0.3 is 39.2 Å². The van der Waals surface area contributed by atoms with E-state index in [1.165, 1.54) is 18.2 Å². The van der Waals surface area contributed by atoms with E-state index in [4.69, 9.17) is 19.2 Å². The van der Waals surface area contributed by atoms with Crippen LogP contribution < -0.4 is 29.5 Å². The molecule has 3 aromatic heterocycles. The molecule has 12 rings (SSSR count). The summed E-state index contributed by atoms with van der Waals surface area (Å²) >= 11 is 0. The van der Waals surface area contributed by atoms with Gasteiger partial charge in [0.15, 0.2) is 0 Å². The van der Waals surface area contributed by atoms with Crippen LogP contribution in [0.5, 0.6) is 5.88 Å². The number of nitro benzene ring substituents is 1. The van der Waals surface area contributed by atoms with E-state index in [1.807, 2.05) is 46.2 Å². The highest BCUT2D eigenvalue weighted by molar-refractivity contribution is 7.90. The second-order valence-electron chi connectivity index (χ2n) is 21.7. The van der Waals surface area contributed by atoms with Crippen LogP contribution in [0.15, 0.2) is 102 Å². The van der Waals surface area contributed by atoms with Gasteiger partial charge in [-0.25, -0.2) is 18.1 Å². The number of sulfonamides is 1. The number of carbonyl (C=O) groups is 1. The lowest BCUT2D eigenvalue weighted by atomic mass is 9.59. The van der Waals surface area contributed by atoms with Gasteiger partial charge in [0.1, 0.15) is 34.6 Å². The van der Waals surface area contributed by atoms with E-state index in [0.29, 0.717) is 81.1 Å². The lowest BCUT2D eigenvalue weighted by Crippen LogP contribution is -2.60. The average molecular weight is 1090 g/mol. The average Bonchev–Trinajstić information content (AvgIpc) is 3.91. The molecule has 8 heterocycles. The molecule has 5 aliphatic heterocycles. The number of aromatic amines is 1. The van der Waals surface area contributed by atoms with Crippen LogP contribution in [-0.2, 0) is 25.7 Å². The van der Waals surface area contributed by atoms with Gasteiger partial charge in [-0.3, -0.25) is 19.8 Å². The molecule has 410 valence electrons. The van der Waals surface area contributed by atoms with Crippen molar-refractivity contribution in [2.75, 3.05) is 85.7 Å². The number of alkyl halides is 3. The summed E-state index contributed by atoms with van der Waals surface area (Å²) in [6.45, 7) is 7.64. The summed E-state index contributed by atoms with van der Waals surface area (Å²) in [4.78, 5) is 46.9. The van der Waals surface area contributed by atoms with Crippen molar-refractivity contribution in [1.82, 2.24) is 24.6 Å². The quantitative estimate of drug-likeness (QED) is 0.0773. The monoisotopic (exact) mass is 1090 g/mol. The molecular formula is C56H61F3N10O8S. The molecule has 3 N–H and O–H groups in total. The normalized spacial score (nSPS) is 22.1. The first-order chi connectivity index (χ1) is 37.6. The largest absolute Gasteiger partial charge is 0.468 e. The van der Waals surface area contributed by atoms with Gasteiger partial charge >= 0.3 is 6.18 Å². The second-order valence-corrected chi connectivity index (χ2v) is 23.4. The molecule has 6 aliphatic rings. The van der Waals surface area contributed by atoms with E-state index in [1.54, 1.807) is 18.3 Å².